The number of nitrogens with zero attached hydrogens (tertiary/aromatic N) is 1. The summed E-state index contributed by atoms with van der Waals surface area (Å²) in [5.41, 5.74) is 2.85. The van der Waals surface area contributed by atoms with Crippen LogP contribution in [-0.4, -0.2) is 82.0 Å². The lowest BCUT2D eigenvalue weighted by Crippen LogP contribution is -2.79. The molecule has 4 aliphatic carbocycles. The van der Waals surface area contributed by atoms with Gasteiger partial charge < -0.3 is 34.3 Å². The van der Waals surface area contributed by atoms with E-state index in [1.807, 2.05) is 20.8 Å². The number of H-pyrrole nitrogens is 1. The molecule has 8 nitrogen and oxygen atoms in total. The van der Waals surface area contributed by atoms with Crippen molar-refractivity contribution in [2.45, 2.75) is 109 Å². The van der Waals surface area contributed by atoms with Crippen LogP contribution in [0.4, 0.5) is 0 Å². The van der Waals surface area contributed by atoms with Gasteiger partial charge in [0.2, 0.25) is 0 Å². The standard InChI is InChI=1S/C33H46N2O6/c1-7-24-19(2)27(20(3)34-24)28(37)40-21(4)23-10-11-32-25-9-8-22-16-31(38)13-12-29(22,5)33(25,41-31)26(36)17-30(23,32)18-35(6)14-15-39-32/h9-10,21-22,26,34,36,38H,7-8,11-18H2,1-6H3/t21-,22-,26-,29+,30+,31?,32+,33+/m1/s1. The number of carbonyl (C=O) groups is 1. The number of fused-ring (bicyclic) bond motifs is 1. The molecule has 8 atom stereocenters. The molecule has 1 aromatic rings. The number of esters is 1. The molecule has 0 aromatic carbocycles. The van der Waals surface area contributed by atoms with Crippen LogP contribution in [0, 0.1) is 30.6 Å². The van der Waals surface area contributed by atoms with Gasteiger partial charge >= 0.3 is 5.97 Å². The molecule has 4 bridgehead atoms. The highest BCUT2D eigenvalue weighted by molar-refractivity contribution is 5.93. The first-order chi connectivity index (χ1) is 19.4. The van der Waals surface area contributed by atoms with Crippen LogP contribution in [0.25, 0.3) is 0 Å². The van der Waals surface area contributed by atoms with Gasteiger partial charge in [0.25, 0.3) is 0 Å². The number of nitrogens with one attached hydrogen (secondary N) is 1. The maximum Gasteiger partial charge on any atom is 0.340 e. The van der Waals surface area contributed by atoms with Gasteiger partial charge in [-0.15, -0.1) is 0 Å². The van der Waals surface area contributed by atoms with Crippen molar-refractivity contribution in [3.05, 3.63) is 45.8 Å². The molecule has 0 radical (unpaired) electrons. The number of aromatic nitrogens is 1. The average Bonchev–Trinajstić information content (AvgIpc) is 3.31. The molecule has 41 heavy (non-hydrogen) atoms. The zero-order valence-electron chi connectivity index (χ0n) is 25.4. The first-order valence-electron chi connectivity index (χ1n) is 15.6. The summed E-state index contributed by atoms with van der Waals surface area (Å²) in [4.78, 5) is 19.2. The molecule has 5 fully saturated rings. The van der Waals surface area contributed by atoms with Crippen molar-refractivity contribution in [2.75, 3.05) is 26.7 Å². The topological polar surface area (TPSA) is 104 Å². The third-order valence-corrected chi connectivity index (χ3v) is 12.3. The number of likely N-dealkylation sites (N-methyl/N-ethyl adjacent to an activating group) is 1. The highest BCUT2D eigenvalue weighted by Gasteiger charge is 2.79. The minimum atomic E-state index is -1.22. The van der Waals surface area contributed by atoms with Gasteiger partial charge in [-0.1, -0.05) is 26.0 Å². The highest BCUT2D eigenvalue weighted by atomic mass is 16.7. The summed E-state index contributed by atoms with van der Waals surface area (Å²) in [7, 11) is 2.10. The van der Waals surface area contributed by atoms with Gasteiger partial charge in [-0.25, -0.2) is 4.79 Å². The third-order valence-electron chi connectivity index (χ3n) is 12.3. The maximum absolute atomic E-state index is 13.6. The molecule has 1 aromatic heterocycles. The smallest absolute Gasteiger partial charge is 0.340 e. The van der Waals surface area contributed by atoms with Crippen molar-refractivity contribution in [2.24, 2.45) is 16.7 Å². The monoisotopic (exact) mass is 566 g/mol. The van der Waals surface area contributed by atoms with Gasteiger partial charge in [-0.2, -0.15) is 0 Å². The third kappa shape index (κ3) is 3.32. The van der Waals surface area contributed by atoms with E-state index in [-0.39, 0.29) is 17.3 Å². The Hall–Kier alpha value is -1.97. The van der Waals surface area contributed by atoms with Crippen LogP contribution in [0.15, 0.2) is 23.3 Å². The van der Waals surface area contributed by atoms with Crippen LogP contribution >= 0.6 is 0 Å². The number of hydrogen-bond acceptors (Lipinski definition) is 7. The molecule has 3 aliphatic heterocycles. The van der Waals surface area contributed by atoms with E-state index in [1.165, 1.54) is 0 Å². The second kappa shape index (κ2) is 8.79. The first kappa shape index (κ1) is 27.8. The quantitative estimate of drug-likeness (QED) is 0.372. The summed E-state index contributed by atoms with van der Waals surface area (Å²) in [5.74, 6) is -1.29. The lowest BCUT2D eigenvalue weighted by Gasteiger charge is -2.73. The first-order valence-corrected chi connectivity index (χ1v) is 15.6. The normalized spacial score (nSPS) is 43.8. The van der Waals surface area contributed by atoms with Crippen LogP contribution in [0.5, 0.6) is 0 Å². The fraction of sp³-hybridized carbons (Fsp3) is 0.727. The predicted molar refractivity (Wildman–Crippen MR) is 153 cm³/mol. The van der Waals surface area contributed by atoms with Crippen LogP contribution in [0.2, 0.25) is 0 Å². The van der Waals surface area contributed by atoms with Crippen LogP contribution < -0.4 is 0 Å². The molecule has 2 saturated carbocycles. The molecule has 224 valence electrons. The summed E-state index contributed by atoms with van der Waals surface area (Å²) in [6.07, 6.45) is 7.89. The Kier molecular flexibility index (Phi) is 5.97. The lowest BCUT2D eigenvalue weighted by atomic mass is 9.41. The van der Waals surface area contributed by atoms with Crippen LogP contribution in [0.1, 0.15) is 86.6 Å². The van der Waals surface area contributed by atoms with E-state index in [0.29, 0.717) is 44.4 Å². The molecule has 1 spiro atoms. The molecule has 3 saturated heterocycles. The van der Waals surface area contributed by atoms with E-state index in [0.717, 1.165) is 53.9 Å². The molecule has 1 unspecified atom stereocenters. The molecular weight excluding hydrogens is 520 g/mol. The highest BCUT2D eigenvalue weighted by Crippen LogP contribution is 2.74. The van der Waals surface area contributed by atoms with Crippen LogP contribution in [0.3, 0.4) is 0 Å². The molecule has 8 heteroatoms. The fourth-order valence-electron chi connectivity index (χ4n) is 10.4. The SMILES string of the molecule is CCc1[nH]c(C)c(C(=O)O[C@H](C)C2=CC[C@@]34OCCN(C)C[C@@]23C[C@@H](O)[C@]23OC5(O)CC[C@@]2(C)[C@H](CC=C43)C5)c1C. The Morgan fingerprint density at radius 2 is 2.05 bits per heavy atom. The van der Waals surface area contributed by atoms with Gasteiger partial charge in [0.1, 0.15) is 17.3 Å². The number of hydrogen-bond donors (Lipinski definition) is 3. The summed E-state index contributed by atoms with van der Waals surface area (Å²) >= 11 is 0. The van der Waals surface area contributed by atoms with Crippen molar-refractivity contribution in [1.82, 2.24) is 9.88 Å². The summed E-state index contributed by atoms with van der Waals surface area (Å²) < 4.78 is 20.0. The molecule has 7 aliphatic rings. The molecule has 4 heterocycles. The van der Waals surface area contributed by atoms with Gasteiger partial charge in [0.15, 0.2) is 5.79 Å². The minimum Gasteiger partial charge on any atom is -0.454 e. The molecule has 0 amide bonds. The molecule has 8 rings (SSSR count). The average molecular weight is 567 g/mol. The van der Waals surface area contributed by atoms with Crippen molar-refractivity contribution >= 4 is 5.97 Å². The summed E-state index contributed by atoms with van der Waals surface area (Å²) in [6, 6.07) is 0. The van der Waals surface area contributed by atoms with Crippen LogP contribution in [-0.2, 0) is 20.6 Å². The van der Waals surface area contributed by atoms with Crippen molar-refractivity contribution in [3.63, 3.8) is 0 Å². The van der Waals surface area contributed by atoms with E-state index in [1.54, 1.807) is 0 Å². The van der Waals surface area contributed by atoms with E-state index >= 15 is 0 Å². The van der Waals surface area contributed by atoms with Gasteiger partial charge in [0, 0.05) is 48.1 Å². The fourth-order valence-corrected chi connectivity index (χ4v) is 10.4. The van der Waals surface area contributed by atoms with Crippen molar-refractivity contribution in [1.29, 1.82) is 0 Å². The minimum absolute atomic E-state index is 0.250. The Labute approximate surface area is 243 Å². The second-order valence-electron chi connectivity index (χ2n) is 14.2. The predicted octanol–water partition coefficient (Wildman–Crippen LogP) is 4.12. The van der Waals surface area contributed by atoms with E-state index in [9.17, 15) is 15.0 Å². The Morgan fingerprint density at radius 3 is 2.78 bits per heavy atom. The number of ether oxygens (including phenoxy) is 3. The van der Waals surface area contributed by atoms with E-state index < -0.39 is 34.6 Å². The number of rotatable bonds is 4. The summed E-state index contributed by atoms with van der Waals surface area (Å²) in [6.45, 7) is 12.2. The molecular formula is C33H46N2O6. The maximum atomic E-state index is 13.6. The Morgan fingerprint density at radius 1 is 1.27 bits per heavy atom. The van der Waals surface area contributed by atoms with E-state index in [4.69, 9.17) is 14.2 Å². The van der Waals surface area contributed by atoms with Crippen molar-refractivity contribution < 1.29 is 29.2 Å². The Balaban J connectivity index is 1.31. The van der Waals surface area contributed by atoms with Crippen molar-refractivity contribution in [3.8, 4) is 0 Å². The zero-order chi connectivity index (χ0) is 29.2. The Bertz CT molecular complexity index is 1370. The zero-order valence-corrected chi connectivity index (χ0v) is 25.4. The number of allylic oxidation sites excluding steroid dienone is 1. The largest absolute Gasteiger partial charge is 0.454 e. The number of carbonyl (C=O) groups excluding carboxylic acids is 1. The van der Waals surface area contributed by atoms with E-state index in [2.05, 4.69) is 42.9 Å². The van der Waals surface area contributed by atoms with Gasteiger partial charge in [0.05, 0.1) is 18.3 Å². The number of aliphatic hydroxyl groups is 2. The van der Waals surface area contributed by atoms with Gasteiger partial charge in [-0.3, -0.25) is 0 Å². The second-order valence-corrected chi connectivity index (χ2v) is 14.2. The number of aliphatic hydroxyl groups excluding tert-OH is 1. The van der Waals surface area contributed by atoms with Gasteiger partial charge in [-0.05, 0) is 82.6 Å². The lowest BCUT2D eigenvalue weighted by molar-refractivity contribution is -0.401. The summed E-state index contributed by atoms with van der Waals surface area (Å²) in [5, 5.41) is 23.9. The number of aryl methyl sites for hydroxylation is 2. The number of aromatic amines is 1. The molecule has 3 N–H and O–H groups in total.